The number of imidazole rings is 1. The molecule has 0 aromatic carbocycles. The molecule has 0 fully saturated rings. The minimum atomic E-state index is 0.896. The normalized spacial score (nSPS) is 11.1. The molecule has 0 aliphatic heterocycles. The van der Waals surface area contributed by atoms with E-state index in [0.717, 1.165) is 27.6 Å². The lowest BCUT2D eigenvalue weighted by molar-refractivity contribution is 1.08. The minimum absolute atomic E-state index is 0.896. The van der Waals surface area contributed by atoms with E-state index in [-0.39, 0.29) is 0 Å². The van der Waals surface area contributed by atoms with Gasteiger partial charge < -0.3 is 4.40 Å². The first-order chi connectivity index (χ1) is 7.74. The smallest absolute Gasteiger partial charge is 0.164 e. The summed E-state index contributed by atoms with van der Waals surface area (Å²) in [4.78, 5) is 10.1. The van der Waals surface area contributed by atoms with E-state index < -0.39 is 0 Å². The number of rotatable bonds is 1. The molecule has 0 unspecified atom stereocenters. The first kappa shape index (κ1) is 9.47. The zero-order valence-electron chi connectivity index (χ0n) is 9.01. The zero-order valence-corrected chi connectivity index (χ0v) is 9.82. The van der Waals surface area contributed by atoms with Gasteiger partial charge in [-0.25, -0.2) is 14.3 Å². The SMILES string of the molecule is Cc1cn2cc(C)nc2c(-c2ccns2)n1. The second kappa shape index (κ2) is 3.38. The van der Waals surface area contributed by atoms with Gasteiger partial charge in [0.1, 0.15) is 5.69 Å². The highest BCUT2D eigenvalue weighted by Gasteiger charge is 2.10. The van der Waals surface area contributed by atoms with Gasteiger partial charge in [-0.1, -0.05) is 0 Å². The highest BCUT2D eigenvalue weighted by atomic mass is 32.1. The summed E-state index contributed by atoms with van der Waals surface area (Å²) in [6.45, 7) is 3.97. The van der Waals surface area contributed by atoms with Gasteiger partial charge in [0.2, 0.25) is 0 Å². The molecule has 16 heavy (non-hydrogen) atoms. The van der Waals surface area contributed by atoms with Crippen LogP contribution in [0.15, 0.2) is 24.7 Å². The predicted molar refractivity (Wildman–Crippen MR) is 63.6 cm³/mol. The van der Waals surface area contributed by atoms with Crippen LogP contribution in [0.25, 0.3) is 16.2 Å². The van der Waals surface area contributed by atoms with Crippen molar-refractivity contribution in [1.29, 1.82) is 0 Å². The number of aromatic nitrogens is 4. The molecule has 0 saturated heterocycles. The summed E-state index contributed by atoms with van der Waals surface area (Å²) in [7, 11) is 0. The van der Waals surface area contributed by atoms with E-state index in [4.69, 9.17) is 0 Å². The number of hydrogen-bond donors (Lipinski definition) is 0. The predicted octanol–water partition coefficient (Wildman–Crippen LogP) is 2.47. The third kappa shape index (κ3) is 1.40. The second-order valence-corrected chi connectivity index (χ2v) is 4.55. The van der Waals surface area contributed by atoms with Crippen LogP contribution < -0.4 is 0 Å². The fourth-order valence-electron chi connectivity index (χ4n) is 1.75. The molecule has 3 rings (SSSR count). The van der Waals surface area contributed by atoms with Crippen molar-refractivity contribution in [2.24, 2.45) is 0 Å². The van der Waals surface area contributed by atoms with E-state index in [2.05, 4.69) is 14.3 Å². The van der Waals surface area contributed by atoms with E-state index in [0.29, 0.717) is 0 Å². The molecule has 3 aromatic heterocycles. The fraction of sp³-hybridized carbons (Fsp3) is 0.182. The van der Waals surface area contributed by atoms with Crippen LogP contribution in [-0.2, 0) is 0 Å². The Balaban J connectivity index is 2.38. The Bertz CT molecular complexity index is 639. The Morgan fingerprint density at radius 3 is 2.56 bits per heavy atom. The summed E-state index contributed by atoms with van der Waals surface area (Å²) in [5.74, 6) is 0. The maximum absolute atomic E-state index is 4.54. The monoisotopic (exact) mass is 230 g/mol. The molecule has 4 nitrogen and oxygen atoms in total. The zero-order chi connectivity index (χ0) is 11.1. The van der Waals surface area contributed by atoms with E-state index in [1.165, 1.54) is 11.5 Å². The van der Waals surface area contributed by atoms with Crippen LogP contribution in [-0.4, -0.2) is 18.7 Å². The number of aryl methyl sites for hydroxylation is 2. The third-order valence-corrected chi connectivity index (χ3v) is 3.10. The Morgan fingerprint density at radius 2 is 1.88 bits per heavy atom. The van der Waals surface area contributed by atoms with Gasteiger partial charge in [-0.05, 0) is 31.4 Å². The Hall–Kier alpha value is -1.75. The summed E-state index contributed by atoms with van der Waals surface area (Å²) in [6, 6.07) is 1.97. The fourth-order valence-corrected chi connectivity index (χ4v) is 2.33. The average Bonchev–Trinajstić information content (AvgIpc) is 2.83. The summed E-state index contributed by atoms with van der Waals surface area (Å²) in [6.07, 6.45) is 5.78. The number of fused-ring (bicyclic) bond motifs is 1. The molecule has 0 spiro atoms. The number of nitrogens with zero attached hydrogens (tertiary/aromatic N) is 4. The topological polar surface area (TPSA) is 43.1 Å². The lowest BCUT2D eigenvalue weighted by Gasteiger charge is -2.01. The highest BCUT2D eigenvalue weighted by molar-refractivity contribution is 7.09. The van der Waals surface area contributed by atoms with Crippen molar-refractivity contribution in [3.05, 3.63) is 36.0 Å². The van der Waals surface area contributed by atoms with Crippen molar-refractivity contribution in [1.82, 2.24) is 18.7 Å². The van der Waals surface area contributed by atoms with Crippen LogP contribution >= 0.6 is 11.5 Å². The number of hydrogen-bond acceptors (Lipinski definition) is 4. The van der Waals surface area contributed by atoms with Crippen LogP contribution in [0.5, 0.6) is 0 Å². The van der Waals surface area contributed by atoms with Crippen molar-refractivity contribution in [2.45, 2.75) is 13.8 Å². The molecule has 0 radical (unpaired) electrons. The molecule has 0 N–H and O–H groups in total. The highest BCUT2D eigenvalue weighted by Crippen LogP contribution is 2.25. The lowest BCUT2D eigenvalue weighted by Crippen LogP contribution is -1.93. The van der Waals surface area contributed by atoms with Crippen molar-refractivity contribution < 1.29 is 0 Å². The summed E-state index contributed by atoms with van der Waals surface area (Å²) < 4.78 is 6.13. The first-order valence-corrected chi connectivity index (χ1v) is 5.75. The van der Waals surface area contributed by atoms with Crippen molar-refractivity contribution in [3.8, 4) is 10.6 Å². The molecule has 5 heteroatoms. The van der Waals surface area contributed by atoms with Crippen LogP contribution in [0.1, 0.15) is 11.4 Å². The molecule has 0 bridgehead atoms. The van der Waals surface area contributed by atoms with Crippen LogP contribution in [0.4, 0.5) is 0 Å². The lowest BCUT2D eigenvalue weighted by atomic mass is 10.3. The molecule has 0 aliphatic carbocycles. The molecule has 0 saturated carbocycles. The molecular weight excluding hydrogens is 220 g/mol. The molecule has 80 valence electrons. The van der Waals surface area contributed by atoms with Crippen molar-refractivity contribution in [3.63, 3.8) is 0 Å². The van der Waals surface area contributed by atoms with Gasteiger partial charge in [0.15, 0.2) is 5.65 Å². The second-order valence-electron chi connectivity index (χ2n) is 3.72. The molecule has 0 atom stereocenters. The van der Waals surface area contributed by atoms with Crippen LogP contribution in [0.3, 0.4) is 0 Å². The van der Waals surface area contributed by atoms with Gasteiger partial charge in [-0.3, -0.25) is 0 Å². The standard InChI is InChI=1S/C11H10N4S/c1-7-5-15-6-8(2)14-11(15)10(13-7)9-3-4-12-16-9/h3-6H,1-2H3. The summed E-state index contributed by atoms with van der Waals surface area (Å²) in [5.41, 5.74) is 3.79. The molecule has 0 amide bonds. The minimum Gasteiger partial charge on any atom is -0.303 e. The third-order valence-electron chi connectivity index (χ3n) is 2.35. The van der Waals surface area contributed by atoms with Gasteiger partial charge in [0.05, 0.1) is 16.3 Å². The summed E-state index contributed by atoms with van der Waals surface area (Å²) >= 11 is 1.44. The van der Waals surface area contributed by atoms with Gasteiger partial charge in [-0.15, -0.1) is 0 Å². The van der Waals surface area contributed by atoms with Crippen LogP contribution in [0, 0.1) is 13.8 Å². The van der Waals surface area contributed by atoms with Gasteiger partial charge in [-0.2, -0.15) is 0 Å². The van der Waals surface area contributed by atoms with Crippen LogP contribution in [0.2, 0.25) is 0 Å². The molecule has 3 heterocycles. The van der Waals surface area contributed by atoms with Gasteiger partial charge >= 0.3 is 0 Å². The maximum atomic E-state index is 4.54. The summed E-state index contributed by atoms with van der Waals surface area (Å²) in [5, 5.41) is 0. The average molecular weight is 230 g/mol. The largest absolute Gasteiger partial charge is 0.303 e. The van der Waals surface area contributed by atoms with Gasteiger partial charge in [0, 0.05) is 18.6 Å². The van der Waals surface area contributed by atoms with Gasteiger partial charge in [0.25, 0.3) is 0 Å². The Labute approximate surface area is 96.8 Å². The molecule has 0 aliphatic rings. The quantitative estimate of drug-likeness (QED) is 0.645. The maximum Gasteiger partial charge on any atom is 0.164 e. The molecule has 3 aromatic rings. The Kier molecular flexibility index (Phi) is 2.00. The molecular formula is C11H10N4S. The first-order valence-electron chi connectivity index (χ1n) is 4.98. The van der Waals surface area contributed by atoms with Crippen molar-refractivity contribution in [2.75, 3.05) is 0 Å². The van der Waals surface area contributed by atoms with E-state index in [9.17, 15) is 0 Å². The van der Waals surface area contributed by atoms with E-state index in [1.54, 1.807) is 6.20 Å². The Morgan fingerprint density at radius 1 is 1.12 bits per heavy atom. The van der Waals surface area contributed by atoms with E-state index >= 15 is 0 Å². The van der Waals surface area contributed by atoms with E-state index in [1.807, 2.05) is 36.7 Å². The van der Waals surface area contributed by atoms with Crippen molar-refractivity contribution >= 4 is 17.2 Å².